The maximum absolute atomic E-state index is 2.94. The van der Waals surface area contributed by atoms with Crippen LogP contribution in [0.2, 0.25) is 39.3 Å². The van der Waals surface area contributed by atoms with Crippen LogP contribution in [0, 0.1) is 0 Å². The molecule has 0 atom stereocenters. The van der Waals surface area contributed by atoms with Gasteiger partial charge in [-0.3, -0.25) is 0 Å². The van der Waals surface area contributed by atoms with Crippen LogP contribution in [0.5, 0.6) is 0 Å². The van der Waals surface area contributed by atoms with Crippen LogP contribution < -0.4 is 0 Å². The Labute approximate surface area is 163 Å². The van der Waals surface area contributed by atoms with E-state index in [0.717, 1.165) is 0 Å². The van der Waals surface area contributed by atoms with E-state index in [-0.39, 0.29) is 0 Å². The van der Waals surface area contributed by atoms with Gasteiger partial charge >= 0.3 is 0 Å². The van der Waals surface area contributed by atoms with Crippen molar-refractivity contribution in [3.63, 3.8) is 0 Å². The number of hydrogen-bond donors (Lipinski definition) is 0. The van der Waals surface area contributed by atoms with Crippen molar-refractivity contribution in [3.8, 4) is 0 Å². The second-order valence-electron chi connectivity index (χ2n) is 10.1. The van der Waals surface area contributed by atoms with Gasteiger partial charge in [0.2, 0.25) is 0 Å². The SMILES string of the molecule is CCCCCCCCCCCCCCCCN([Si](C)(C)C)[Si](C)(C)C. The van der Waals surface area contributed by atoms with E-state index in [9.17, 15) is 0 Å². The molecule has 25 heavy (non-hydrogen) atoms. The van der Waals surface area contributed by atoms with E-state index in [1.54, 1.807) is 0 Å². The van der Waals surface area contributed by atoms with E-state index in [2.05, 4.69) is 50.4 Å². The lowest BCUT2D eigenvalue weighted by Gasteiger charge is -2.43. The molecule has 0 spiro atoms. The van der Waals surface area contributed by atoms with Gasteiger partial charge < -0.3 is 4.23 Å². The predicted molar refractivity (Wildman–Crippen MR) is 124 cm³/mol. The summed E-state index contributed by atoms with van der Waals surface area (Å²) in [5.74, 6) is 0. The lowest BCUT2D eigenvalue weighted by Crippen LogP contribution is -2.59. The lowest BCUT2D eigenvalue weighted by atomic mass is 10.0. The molecule has 1 nitrogen and oxygen atoms in total. The van der Waals surface area contributed by atoms with Crippen molar-refractivity contribution in [2.24, 2.45) is 0 Å². The van der Waals surface area contributed by atoms with Gasteiger partial charge in [0.05, 0.1) is 0 Å². The summed E-state index contributed by atoms with van der Waals surface area (Å²) in [6.07, 6.45) is 20.4. The fourth-order valence-corrected chi connectivity index (χ4v) is 13.8. The zero-order valence-corrected chi connectivity index (χ0v) is 21.1. The first-order chi connectivity index (χ1) is 11.7. The highest BCUT2D eigenvalue weighted by molar-refractivity contribution is 6.89. The van der Waals surface area contributed by atoms with Crippen LogP contribution >= 0.6 is 0 Å². The number of hydrogen-bond acceptors (Lipinski definition) is 1. The van der Waals surface area contributed by atoms with Crippen LogP contribution in [0.25, 0.3) is 0 Å². The van der Waals surface area contributed by atoms with E-state index in [1.165, 1.54) is 96.4 Å². The summed E-state index contributed by atoms with van der Waals surface area (Å²) in [5.41, 5.74) is 0. The molecule has 0 heterocycles. The Kier molecular flexibility index (Phi) is 14.7. The maximum Gasteiger partial charge on any atom is 0.112 e. The minimum atomic E-state index is -1.13. The highest BCUT2D eigenvalue weighted by Crippen LogP contribution is 2.21. The summed E-state index contributed by atoms with van der Waals surface area (Å²) in [5, 5.41) is 0. The molecule has 0 rings (SSSR count). The second-order valence-corrected chi connectivity index (χ2v) is 20.3. The Morgan fingerprint density at radius 1 is 0.440 bits per heavy atom. The van der Waals surface area contributed by atoms with E-state index >= 15 is 0 Å². The molecule has 3 heteroatoms. The highest BCUT2D eigenvalue weighted by atomic mass is 28.4. The third-order valence-corrected chi connectivity index (χ3v) is 13.1. The minimum Gasteiger partial charge on any atom is -0.346 e. The molecule has 152 valence electrons. The average Bonchev–Trinajstić information content (AvgIpc) is 2.48. The first-order valence-electron chi connectivity index (χ1n) is 11.5. The van der Waals surface area contributed by atoms with Crippen molar-refractivity contribution in [1.82, 2.24) is 4.23 Å². The van der Waals surface area contributed by atoms with Gasteiger partial charge in [0.25, 0.3) is 0 Å². The fraction of sp³-hybridized carbons (Fsp3) is 1.00. The summed E-state index contributed by atoms with van der Waals surface area (Å²) < 4.78 is 2.94. The predicted octanol–water partition coefficient (Wildman–Crippen LogP) is 8.44. The average molecular weight is 386 g/mol. The van der Waals surface area contributed by atoms with E-state index in [4.69, 9.17) is 0 Å². The van der Waals surface area contributed by atoms with Crippen molar-refractivity contribution in [2.75, 3.05) is 6.54 Å². The van der Waals surface area contributed by atoms with E-state index in [0.29, 0.717) is 0 Å². The molecule has 0 saturated heterocycles. The lowest BCUT2D eigenvalue weighted by molar-refractivity contribution is 0.515. The van der Waals surface area contributed by atoms with Crippen molar-refractivity contribution in [1.29, 1.82) is 0 Å². The number of rotatable bonds is 17. The topological polar surface area (TPSA) is 3.24 Å². The molecule has 0 N–H and O–H groups in total. The Morgan fingerprint density at radius 3 is 1.00 bits per heavy atom. The Bertz CT molecular complexity index is 277. The maximum atomic E-state index is 2.94. The quantitative estimate of drug-likeness (QED) is 0.179. The molecule has 0 amide bonds. The van der Waals surface area contributed by atoms with Crippen LogP contribution in [-0.2, 0) is 0 Å². The second kappa shape index (κ2) is 14.5. The first-order valence-corrected chi connectivity index (χ1v) is 18.4. The van der Waals surface area contributed by atoms with Gasteiger partial charge in [0.1, 0.15) is 16.5 Å². The normalized spacial score (nSPS) is 13.0. The molecule has 0 aromatic heterocycles. The van der Waals surface area contributed by atoms with Gasteiger partial charge in [0, 0.05) is 0 Å². The smallest absolute Gasteiger partial charge is 0.112 e. The molecule has 0 aliphatic carbocycles. The van der Waals surface area contributed by atoms with Crippen LogP contribution in [-0.4, -0.2) is 27.2 Å². The Balaban J connectivity index is 3.46. The molecule has 0 bridgehead atoms. The van der Waals surface area contributed by atoms with Gasteiger partial charge in [-0.15, -0.1) is 0 Å². The van der Waals surface area contributed by atoms with Crippen molar-refractivity contribution < 1.29 is 0 Å². The largest absolute Gasteiger partial charge is 0.346 e. The van der Waals surface area contributed by atoms with Gasteiger partial charge in [-0.25, -0.2) is 0 Å². The molecule has 0 aromatic carbocycles. The van der Waals surface area contributed by atoms with Gasteiger partial charge in [-0.2, -0.15) is 0 Å². The van der Waals surface area contributed by atoms with Crippen LogP contribution in [0.3, 0.4) is 0 Å². The molecule has 0 radical (unpaired) electrons. The van der Waals surface area contributed by atoms with Crippen LogP contribution in [0.4, 0.5) is 0 Å². The summed E-state index contributed by atoms with van der Waals surface area (Å²) in [7, 11) is -2.26. The summed E-state index contributed by atoms with van der Waals surface area (Å²) in [6, 6.07) is 0. The molecule has 0 fully saturated rings. The Hall–Kier alpha value is 0.394. The highest BCUT2D eigenvalue weighted by Gasteiger charge is 2.33. The van der Waals surface area contributed by atoms with Crippen molar-refractivity contribution in [2.45, 2.75) is 136 Å². The van der Waals surface area contributed by atoms with Crippen LogP contribution in [0.1, 0.15) is 96.8 Å². The first kappa shape index (κ1) is 25.4. The Morgan fingerprint density at radius 2 is 0.720 bits per heavy atom. The molecular formula is C22H51NSi2. The molecule has 0 aromatic rings. The minimum absolute atomic E-state index is 1.13. The number of unbranched alkanes of at least 4 members (excludes halogenated alkanes) is 13. The monoisotopic (exact) mass is 385 g/mol. The van der Waals surface area contributed by atoms with E-state index < -0.39 is 16.5 Å². The van der Waals surface area contributed by atoms with Gasteiger partial charge in [0.15, 0.2) is 0 Å². The van der Waals surface area contributed by atoms with Crippen LogP contribution in [0.15, 0.2) is 0 Å². The third-order valence-electron chi connectivity index (χ3n) is 5.35. The third kappa shape index (κ3) is 15.2. The summed E-state index contributed by atoms with van der Waals surface area (Å²) in [4.78, 5) is 0. The molecular weight excluding hydrogens is 334 g/mol. The molecule has 0 saturated carbocycles. The van der Waals surface area contributed by atoms with E-state index in [1.807, 2.05) is 0 Å². The molecule has 0 unspecified atom stereocenters. The molecule has 0 aliphatic heterocycles. The summed E-state index contributed by atoms with van der Waals surface area (Å²) >= 11 is 0. The number of nitrogens with zero attached hydrogens (tertiary/aromatic N) is 1. The van der Waals surface area contributed by atoms with Crippen molar-refractivity contribution in [3.05, 3.63) is 0 Å². The van der Waals surface area contributed by atoms with Gasteiger partial charge in [-0.05, 0) is 13.0 Å². The molecule has 0 aliphatic rings. The fourth-order valence-electron chi connectivity index (χ4n) is 4.14. The zero-order chi connectivity index (χ0) is 19.2. The standard InChI is InChI=1S/C22H51NSi2/c1-8-9-10-11-12-13-14-15-16-17-18-19-20-21-22-23(24(2,3)4)25(5,6)7/h8-22H2,1-7H3. The zero-order valence-electron chi connectivity index (χ0n) is 19.1. The van der Waals surface area contributed by atoms with Crippen molar-refractivity contribution >= 4 is 16.5 Å². The van der Waals surface area contributed by atoms with Gasteiger partial charge in [-0.1, -0.05) is 130 Å². The summed E-state index contributed by atoms with van der Waals surface area (Å²) in [6.45, 7) is 18.8.